The van der Waals surface area contributed by atoms with E-state index < -0.39 is 0 Å². The molecule has 0 amide bonds. The van der Waals surface area contributed by atoms with E-state index in [1.54, 1.807) is 13.3 Å². The molecule has 0 aliphatic heterocycles. The Hall–Kier alpha value is -1.65. The van der Waals surface area contributed by atoms with Crippen molar-refractivity contribution in [2.75, 3.05) is 7.11 Å². The number of nitrogens with zero attached hydrogens (tertiary/aromatic N) is 1. The molecule has 2 N–H and O–H groups in total. The number of rotatable bonds is 3. The fourth-order valence-corrected chi connectivity index (χ4v) is 2.39. The van der Waals surface area contributed by atoms with Gasteiger partial charge in [0.2, 0.25) is 0 Å². The summed E-state index contributed by atoms with van der Waals surface area (Å²) in [6.45, 7) is 0. The van der Waals surface area contributed by atoms with Gasteiger partial charge in [0, 0.05) is 31.2 Å². The van der Waals surface area contributed by atoms with Gasteiger partial charge in [-0.25, -0.2) is 0 Å². The van der Waals surface area contributed by atoms with Crippen LogP contribution in [0.15, 0.2) is 36.5 Å². The molecule has 0 radical (unpaired) electrons. The van der Waals surface area contributed by atoms with Crippen molar-refractivity contribution in [3.63, 3.8) is 0 Å². The van der Waals surface area contributed by atoms with Crippen LogP contribution in [-0.2, 0) is 4.74 Å². The van der Waals surface area contributed by atoms with Crippen LogP contribution in [0.25, 0.3) is 10.9 Å². The molecule has 0 bridgehead atoms. The topological polar surface area (TPSA) is 57.4 Å². The van der Waals surface area contributed by atoms with E-state index in [-0.39, 0.29) is 18.2 Å². The molecule has 1 fully saturated rings. The van der Waals surface area contributed by atoms with E-state index in [4.69, 9.17) is 15.2 Å². The van der Waals surface area contributed by atoms with Crippen LogP contribution in [0, 0.1) is 0 Å². The van der Waals surface area contributed by atoms with Crippen LogP contribution in [-0.4, -0.2) is 30.3 Å². The van der Waals surface area contributed by atoms with E-state index in [1.165, 1.54) is 0 Å². The summed E-state index contributed by atoms with van der Waals surface area (Å²) >= 11 is 0. The maximum Gasteiger partial charge on any atom is 0.146 e. The number of hydrogen-bond donors (Lipinski definition) is 1. The molecule has 3 atom stereocenters. The van der Waals surface area contributed by atoms with Crippen LogP contribution >= 0.6 is 0 Å². The van der Waals surface area contributed by atoms with Crippen molar-refractivity contribution in [2.24, 2.45) is 5.73 Å². The fraction of sp³-hybridized carbons (Fsp3) is 0.357. The maximum atomic E-state index is 5.97. The highest BCUT2D eigenvalue weighted by Gasteiger charge is 2.41. The summed E-state index contributed by atoms with van der Waals surface area (Å²) < 4.78 is 11.3. The molecule has 0 spiro atoms. The first-order chi connectivity index (χ1) is 8.79. The molecular weight excluding hydrogens is 228 g/mol. The summed E-state index contributed by atoms with van der Waals surface area (Å²) in [7, 11) is 1.67. The van der Waals surface area contributed by atoms with Crippen LogP contribution in [0.2, 0.25) is 0 Å². The molecule has 1 aromatic heterocycles. The molecule has 1 heterocycles. The smallest absolute Gasteiger partial charge is 0.146 e. The normalized spacial score (nSPS) is 26.9. The van der Waals surface area contributed by atoms with E-state index in [2.05, 4.69) is 4.98 Å². The summed E-state index contributed by atoms with van der Waals surface area (Å²) in [5.74, 6) is 0.798. The molecule has 18 heavy (non-hydrogen) atoms. The standard InChI is InChI=1S/C14H16N2O2/c1-17-14-10(15)8-12(14)18-11-6-2-4-9-5-3-7-16-13(9)11/h2-7,10,12,14H,8,15H2,1H3. The third kappa shape index (κ3) is 1.83. The predicted octanol–water partition coefficient (Wildman–Crippen LogP) is 1.73. The highest BCUT2D eigenvalue weighted by molar-refractivity contribution is 5.84. The number of ether oxygens (including phenoxy) is 2. The van der Waals surface area contributed by atoms with Gasteiger partial charge in [0.15, 0.2) is 0 Å². The van der Waals surface area contributed by atoms with Crippen LogP contribution in [0.3, 0.4) is 0 Å². The zero-order chi connectivity index (χ0) is 12.5. The second kappa shape index (κ2) is 4.55. The number of methoxy groups -OCH3 is 1. The fourth-order valence-electron chi connectivity index (χ4n) is 2.39. The molecule has 2 aromatic rings. The Bertz CT molecular complexity index is 553. The minimum Gasteiger partial charge on any atom is -0.485 e. The van der Waals surface area contributed by atoms with Gasteiger partial charge in [-0.15, -0.1) is 0 Å². The Kier molecular flexibility index (Phi) is 2.89. The summed E-state index contributed by atoms with van der Waals surface area (Å²) in [6, 6.07) is 9.95. The summed E-state index contributed by atoms with van der Waals surface area (Å²) in [5, 5.41) is 1.08. The van der Waals surface area contributed by atoms with Gasteiger partial charge in [-0.1, -0.05) is 18.2 Å². The molecular formula is C14H16N2O2. The van der Waals surface area contributed by atoms with Gasteiger partial charge in [-0.05, 0) is 12.1 Å². The first kappa shape index (κ1) is 11.4. The van der Waals surface area contributed by atoms with E-state index in [0.717, 1.165) is 23.1 Å². The molecule has 4 heteroatoms. The second-order valence-corrected chi connectivity index (χ2v) is 4.59. The third-order valence-corrected chi connectivity index (χ3v) is 3.44. The number of nitrogens with two attached hydrogens (primary N) is 1. The maximum absolute atomic E-state index is 5.97. The Labute approximate surface area is 106 Å². The van der Waals surface area contributed by atoms with E-state index in [9.17, 15) is 0 Å². The number of hydrogen-bond acceptors (Lipinski definition) is 4. The summed E-state index contributed by atoms with van der Waals surface area (Å²) in [5.41, 5.74) is 6.75. The SMILES string of the molecule is COC1C(N)CC1Oc1cccc2cccnc12. The Morgan fingerprint density at radius 1 is 1.28 bits per heavy atom. The molecule has 1 saturated carbocycles. The Balaban J connectivity index is 1.87. The zero-order valence-electron chi connectivity index (χ0n) is 10.2. The van der Waals surface area contributed by atoms with Crippen molar-refractivity contribution in [1.29, 1.82) is 0 Å². The summed E-state index contributed by atoms with van der Waals surface area (Å²) in [4.78, 5) is 4.37. The van der Waals surface area contributed by atoms with Crippen molar-refractivity contribution < 1.29 is 9.47 Å². The number of aromatic nitrogens is 1. The largest absolute Gasteiger partial charge is 0.485 e. The van der Waals surface area contributed by atoms with Gasteiger partial charge in [0.25, 0.3) is 0 Å². The van der Waals surface area contributed by atoms with Crippen LogP contribution in [0.1, 0.15) is 6.42 Å². The monoisotopic (exact) mass is 244 g/mol. The zero-order valence-corrected chi connectivity index (χ0v) is 10.2. The molecule has 94 valence electrons. The first-order valence-corrected chi connectivity index (χ1v) is 6.08. The quantitative estimate of drug-likeness (QED) is 0.893. The molecule has 3 rings (SSSR count). The van der Waals surface area contributed by atoms with Gasteiger partial charge in [-0.3, -0.25) is 4.98 Å². The number of pyridine rings is 1. The lowest BCUT2D eigenvalue weighted by Gasteiger charge is -2.41. The average Bonchev–Trinajstić information content (AvgIpc) is 2.39. The second-order valence-electron chi connectivity index (χ2n) is 4.59. The van der Waals surface area contributed by atoms with E-state index >= 15 is 0 Å². The molecule has 1 aliphatic carbocycles. The highest BCUT2D eigenvalue weighted by atomic mass is 16.5. The van der Waals surface area contributed by atoms with Gasteiger partial charge >= 0.3 is 0 Å². The molecule has 0 saturated heterocycles. The lowest BCUT2D eigenvalue weighted by molar-refractivity contribution is -0.0777. The Morgan fingerprint density at radius 3 is 2.89 bits per heavy atom. The minimum absolute atomic E-state index is 0.0241. The molecule has 4 nitrogen and oxygen atoms in total. The van der Waals surface area contributed by atoms with Gasteiger partial charge < -0.3 is 15.2 Å². The number of para-hydroxylation sites is 1. The van der Waals surface area contributed by atoms with E-state index in [0.29, 0.717) is 0 Å². The average molecular weight is 244 g/mol. The molecule has 1 aliphatic rings. The predicted molar refractivity (Wildman–Crippen MR) is 69.5 cm³/mol. The minimum atomic E-state index is -0.0241. The van der Waals surface area contributed by atoms with Crippen molar-refractivity contribution in [2.45, 2.75) is 24.7 Å². The highest BCUT2D eigenvalue weighted by Crippen LogP contribution is 2.30. The van der Waals surface area contributed by atoms with Crippen molar-refractivity contribution in [1.82, 2.24) is 4.98 Å². The van der Waals surface area contributed by atoms with Crippen molar-refractivity contribution in [3.05, 3.63) is 36.5 Å². The van der Waals surface area contributed by atoms with Gasteiger partial charge in [0.1, 0.15) is 23.5 Å². The molecule has 3 unspecified atom stereocenters. The first-order valence-electron chi connectivity index (χ1n) is 6.08. The van der Waals surface area contributed by atoms with E-state index in [1.807, 2.05) is 30.3 Å². The van der Waals surface area contributed by atoms with Gasteiger partial charge in [0.05, 0.1) is 0 Å². The van der Waals surface area contributed by atoms with Crippen LogP contribution < -0.4 is 10.5 Å². The Morgan fingerprint density at radius 2 is 2.11 bits per heavy atom. The number of fused-ring (bicyclic) bond motifs is 1. The number of benzene rings is 1. The van der Waals surface area contributed by atoms with Crippen molar-refractivity contribution in [3.8, 4) is 5.75 Å². The summed E-state index contributed by atoms with van der Waals surface area (Å²) in [6.07, 6.45) is 2.60. The van der Waals surface area contributed by atoms with Gasteiger partial charge in [-0.2, -0.15) is 0 Å². The molecule has 1 aromatic carbocycles. The van der Waals surface area contributed by atoms with Crippen molar-refractivity contribution >= 4 is 10.9 Å². The van der Waals surface area contributed by atoms with Crippen LogP contribution in [0.5, 0.6) is 5.75 Å². The van der Waals surface area contributed by atoms with Crippen LogP contribution in [0.4, 0.5) is 0 Å². The lowest BCUT2D eigenvalue weighted by atomic mass is 9.86. The third-order valence-electron chi connectivity index (χ3n) is 3.44. The lowest BCUT2D eigenvalue weighted by Crippen LogP contribution is -2.59.